The molecule has 11 nitrogen and oxygen atoms in total. The van der Waals surface area contributed by atoms with Crippen molar-refractivity contribution < 1.29 is 14.3 Å². The number of imidazole rings is 1. The molecular formula is C26H29N7O4. The van der Waals surface area contributed by atoms with Crippen molar-refractivity contribution in [3.8, 4) is 11.4 Å². The molecule has 2 aromatic carbocycles. The van der Waals surface area contributed by atoms with Crippen LogP contribution in [0.4, 0.5) is 17.3 Å². The Morgan fingerprint density at radius 1 is 1.14 bits per heavy atom. The Labute approximate surface area is 213 Å². The van der Waals surface area contributed by atoms with Crippen molar-refractivity contribution in [3.63, 3.8) is 0 Å². The molecule has 2 heterocycles. The lowest BCUT2D eigenvalue weighted by Gasteiger charge is -2.09. The summed E-state index contributed by atoms with van der Waals surface area (Å²) in [5, 5.41) is 5.96. The number of rotatable bonds is 11. The van der Waals surface area contributed by atoms with Gasteiger partial charge < -0.3 is 30.0 Å². The zero-order valence-electron chi connectivity index (χ0n) is 20.9. The van der Waals surface area contributed by atoms with Gasteiger partial charge in [-0.05, 0) is 56.6 Å². The van der Waals surface area contributed by atoms with Crippen LogP contribution >= 0.6 is 0 Å². The van der Waals surface area contributed by atoms with E-state index in [1.165, 1.54) is 10.6 Å². The predicted octanol–water partition coefficient (Wildman–Crippen LogP) is 2.93. The molecule has 0 fully saturated rings. The molecule has 0 bridgehead atoms. The fraction of sp³-hybridized carbons (Fsp3) is 0.231. The number of benzene rings is 2. The van der Waals surface area contributed by atoms with Gasteiger partial charge in [0.25, 0.3) is 0 Å². The molecular weight excluding hydrogens is 474 g/mol. The smallest absolute Gasteiger partial charge is 0.332 e. The van der Waals surface area contributed by atoms with E-state index >= 15 is 0 Å². The van der Waals surface area contributed by atoms with Gasteiger partial charge in [-0.1, -0.05) is 12.1 Å². The van der Waals surface area contributed by atoms with Crippen LogP contribution in [-0.4, -0.2) is 71.3 Å². The fourth-order valence-corrected chi connectivity index (χ4v) is 3.48. The van der Waals surface area contributed by atoms with Crippen molar-refractivity contribution in [1.29, 1.82) is 0 Å². The third kappa shape index (κ3) is 6.81. The third-order valence-corrected chi connectivity index (χ3v) is 5.20. The molecule has 11 heteroatoms. The largest absolute Gasteiger partial charge is 0.491 e. The fourth-order valence-electron chi connectivity index (χ4n) is 3.48. The Balaban J connectivity index is 1.54. The van der Waals surface area contributed by atoms with E-state index in [0.29, 0.717) is 48.2 Å². The minimum atomic E-state index is -0.367. The highest BCUT2D eigenvalue weighted by Gasteiger charge is 2.13. The van der Waals surface area contributed by atoms with Crippen LogP contribution in [0.3, 0.4) is 0 Å². The van der Waals surface area contributed by atoms with E-state index < -0.39 is 0 Å². The maximum atomic E-state index is 12.8. The lowest BCUT2D eigenvalue weighted by molar-refractivity contribution is -0.111. The number of amides is 1. The first-order chi connectivity index (χ1) is 17.9. The summed E-state index contributed by atoms with van der Waals surface area (Å²) in [7, 11) is 5.47. The van der Waals surface area contributed by atoms with Crippen molar-refractivity contribution in [2.24, 2.45) is 0 Å². The number of likely N-dealkylation sites (N-methyl/N-ethyl adjacent to an activating group) is 1. The summed E-state index contributed by atoms with van der Waals surface area (Å²) in [6.07, 6.45) is 4.80. The zero-order chi connectivity index (χ0) is 26.2. The SMILES string of the molecule is COCCOc1ccc(Nc2ncc3[nH]c(=O)n(-c4cccc(NC(=O)/C=C/CN(C)C)c4)c3n2)cc1. The highest BCUT2D eigenvalue weighted by molar-refractivity contribution is 5.99. The summed E-state index contributed by atoms with van der Waals surface area (Å²) in [4.78, 5) is 38.6. The zero-order valence-corrected chi connectivity index (χ0v) is 20.9. The predicted molar refractivity (Wildman–Crippen MR) is 143 cm³/mol. The summed E-state index contributed by atoms with van der Waals surface area (Å²) in [6, 6.07) is 14.4. The van der Waals surface area contributed by atoms with Crippen LogP contribution in [0.25, 0.3) is 16.9 Å². The van der Waals surface area contributed by atoms with Crippen LogP contribution in [0.2, 0.25) is 0 Å². The molecule has 1 amide bonds. The van der Waals surface area contributed by atoms with E-state index in [0.717, 1.165) is 11.4 Å². The number of aromatic nitrogens is 4. The van der Waals surface area contributed by atoms with Crippen molar-refractivity contribution >= 4 is 34.4 Å². The van der Waals surface area contributed by atoms with Crippen LogP contribution in [0.5, 0.6) is 5.75 Å². The number of aromatic amines is 1. The van der Waals surface area contributed by atoms with Crippen LogP contribution < -0.4 is 21.1 Å². The molecule has 0 radical (unpaired) electrons. The molecule has 0 saturated carbocycles. The molecule has 0 aliphatic rings. The lowest BCUT2D eigenvalue weighted by Crippen LogP contribution is -2.16. The number of H-pyrrole nitrogens is 1. The molecule has 4 rings (SSSR count). The molecule has 0 aliphatic heterocycles. The highest BCUT2D eigenvalue weighted by Crippen LogP contribution is 2.21. The summed E-state index contributed by atoms with van der Waals surface area (Å²) in [6.45, 7) is 1.63. The van der Waals surface area contributed by atoms with E-state index in [1.807, 2.05) is 43.3 Å². The first-order valence-corrected chi connectivity index (χ1v) is 11.6. The third-order valence-electron chi connectivity index (χ3n) is 5.20. The number of hydrogen-bond acceptors (Lipinski definition) is 8. The first kappa shape index (κ1) is 25.6. The lowest BCUT2D eigenvalue weighted by atomic mass is 10.2. The number of hydrogen-bond donors (Lipinski definition) is 3. The van der Waals surface area contributed by atoms with Crippen molar-refractivity contribution in [2.75, 3.05) is 51.6 Å². The van der Waals surface area contributed by atoms with Gasteiger partial charge in [0, 0.05) is 31.1 Å². The van der Waals surface area contributed by atoms with Crippen LogP contribution in [-0.2, 0) is 9.53 Å². The Morgan fingerprint density at radius 2 is 1.95 bits per heavy atom. The van der Waals surface area contributed by atoms with Gasteiger partial charge in [0.2, 0.25) is 11.9 Å². The molecule has 0 atom stereocenters. The van der Waals surface area contributed by atoms with Gasteiger partial charge in [0.15, 0.2) is 5.65 Å². The van der Waals surface area contributed by atoms with Gasteiger partial charge >= 0.3 is 5.69 Å². The summed E-state index contributed by atoms with van der Waals surface area (Å²) in [5.41, 5.74) is 2.38. The second-order valence-corrected chi connectivity index (χ2v) is 8.39. The average Bonchev–Trinajstić information content (AvgIpc) is 3.20. The molecule has 0 aliphatic carbocycles. The van der Waals surface area contributed by atoms with Crippen LogP contribution in [0, 0.1) is 0 Å². The van der Waals surface area contributed by atoms with Crippen LogP contribution in [0.1, 0.15) is 0 Å². The normalized spacial score (nSPS) is 11.4. The van der Waals surface area contributed by atoms with E-state index in [1.54, 1.807) is 43.6 Å². The number of anilines is 3. The molecule has 4 aromatic rings. The van der Waals surface area contributed by atoms with Gasteiger partial charge in [-0.3, -0.25) is 4.79 Å². The second-order valence-electron chi connectivity index (χ2n) is 8.39. The number of nitrogens with zero attached hydrogens (tertiary/aromatic N) is 4. The summed E-state index contributed by atoms with van der Waals surface area (Å²) < 4.78 is 12.0. The number of nitrogens with one attached hydrogen (secondary N) is 3. The minimum Gasteiger partial charge on any atom is -0.491 e. The Hall–Kier alpha value is -4.48. The Morgan fingerprint density at radius 3 is 2.70 bits per heavy atom. The molecule has 2 aromatic heterocycles. The number of ether oxygens (including phenoxy) is 2. The summed E-state index contributed by atoms with van der Waals surface area (Å²) in [5.74, 6) is 0.789. The number of carbonyl (C=O) groups excluding carboxylic acids is 1. The second kappa shape index (κ2) is 12.0. The topological polar surface area (TPSA) is 126 Å². The molecule has 37 heavy (non-hydrogen) atoms. The Kier molecular flexibility index (Phi) is 8.29. The van der Waals surface area contributed by atoms with Crippen molar-refractivity contribution in [1.82, 2.24) is 24.4 Å². The van der Waals surface area contributed by atoms with Crippen molar-refractivity contribution in [2.45, 2.75) is 0 Å². The van der Waals surface area contributed by atoms with Gasteiger partial charge in [0.1, 0.15) is 17.9 Å². The van der Waals surface area contributed by atoms with Crippen LogP contribution in [0.15, 0.2) is 71.7 Å². The maximum Gasteiger partial charge on any atom is 0.332 e. The van der Waals surface area contributed by atoms with E-state index in [2.05, 4.69) is 25.6 Å². The number of carbonyl (C=O) groups is 1. The van der Waals surface area contributed by atoms with E-state index in [9.17, 15) is 9.59 Å². The van der Waals surface area contributed by atoms with E-state index in [-0.39, 0.29) is 11.6 Å². The maximum absolute atomic E-state index is 12.8. The molecule has 0 saturated heterocycles. The molecule has 3 N–H and O–H groups in total. The molecule has 0 spiro atoms. The van der Waals surface area contributed by atoms with Crippen molar-refractivity contribution in [3.05, 3.63) is 77.4 Å². The van der Waals surface area contributed by atoms with Gasteiger partial charge in [-0.25, -0.2) is 14.3 Å². The summed E-state index contributed by atoms with van der Waals surface area (Å²) >= 11 is 0. The molecule has 192 valence electrons. The Bertz CT molecular complexity index is 1440. The number of fused-ring (bicyclic) bond motifs is 1. The average molecular weight is 504 g/mol. The highest BCUT2D eigenvalue weighted by atomic mass is 16.5. The molecule has 0 unspecified atom stereocenters. The van der Waals surface area contributed by atoms with Gasteiger partial charge in [0.05, 0.1) is 18.5 Å². The van der Waals surface area contributed by atoms with Gasteiger partial charge in [-0.15, -0.1) is 0 Å². The standard InChI is InChI=1S/C26H29N7O4/c1-32(2)13-5-8-23(34)28-19-6-4-7-20(16-19)33-24-22(30-26(33)35)17-27-25(31-24)29-18-9-11-21(12-10-18)37-15-14-36-3/h4-12,16-17H,13-15H2,1-3H3,(H,28,34)(H,30,35)(H,27,29,31)/b8-5+. The van der Waals surface area contributed by atoms with E-state index in [4.69, 9.17) is 9.47 Å². The monoisotopic (exact) mass is 503 g/mol. The minimum absolute atomic E-state index is 0.255. The van der Waals surface area contributed by atoms with Gasteiger partial charge in [-0.2, -0.15) is 4.98 Å². The first-order valence-electron chi connectivity index (χ1n) is 11.6. The quantitative estimate of drug-likeness (QED) is 0.211. The number of methoxy groups -OCH3 is 1.